The zero-order valence-electron chi connectivity index (χ0n) is 9.23. The molecule has 0 amide bonds. The molecule has 0 saturated heterocycles. The maximum absolute atomic E-state index is 11.3. The van der Waals surface area contributed by atoms with Gasteiger partial charge in [0.1, 0.15) is 10.6 Å². The second-order valence-corrected chi connectivity index (χ2v) is 5.61. The molecule has 0 spiro atoms. The van der Waals surface area contributed by atoms with Gasteiger partial charge in [-0.25, -0.2) is 13.6 Å². The Hall–Kier alpha value is -1.03. The van der Waals surface area contributed by atoms with Gasteiger partial charge >= 0.3 is 0 Å². The van der Waals surface area contributed by atoms with Crippen LogP contribution in [0.15, 0.2) is 27.6 Å². The molecular formula is C11H12BrNO3S. The van der Waals surface area contributed by atoms with E-state index < -0.39 is 10.0 Å². The molecule has 17 heavy (non-hydrogen) atoms. The Balaban J connectivity index is 2.94. The van der Waals surface area contributed by atoms with Crippen LogP contribution in [0.1, 0.15) is 13.3 Å². The highest BCUT2D eigenvalue weighted by molar-refractivity contribution is 9.10. The van der Waals surface area contributed by atoms with E-state index in [2.05, 4.69) is 27.8 Å². The molecule has 1 aromatic rings. The van der Waals surface area contributed by atoms with Gasteiger partial charge in [-0.3, -0.25) is 0 Å². The molecule has 0 aliphatic carbocycles. The lowest BCUT2D eigenvalue weighted by Crippen LogP contribution is -2.14. The van der Waals surface area contributed by atoms with Crippen molar-refractivity contribution >= 4 is 26.0 Å². The molecule has 0 unspecified atom stereocenters. The van der Waals surface area contributed by atoms with Gasteiger partial charge in [-0.15, -0.1) is 11.8 Å². The fraction of sp³-hybridized carbons (Fsp3) is 0.273. The molecule has 0 saturated carbocycles. The minimum Gasteiger partial charge on any atom is -0.491 e. The fourth-order valence-corrected chi connectivity index (χ4v) is 2.37. The first-order valence-corrected chi connectivity index (χ1v) is 7.14. The summed E-state index contributed by atoms with van der Waals surface area (Å²) in [6.45, 7) is 2.06. The van der Waals surface area contributed by atoms with Crippen LogP contribution >= 0.6 is 15.9 Å². The Morgan fingerprint density at radius 3 is 2.76 bits per heavy atom. The highest BCUT2D eigenvalue weighted by Gasteiger charge is 2.15. The van der Waals surface area contributed by atoms with Crippen LogP contribution in [-0.4, -0.2) is 15.0 Å². The maximum atomic E-state index is 11.3. The summed E-state index contributed by atoms with van der Waals surface area (Å²) in [6, 6.07) is 4.66. The number of sulfonamides is 1. The lowest BCUT2D eigenvalue weighted by molar-refractivity contribution is 0.318. The molecule has 6 heteroatoms. The largest absolute Gasteiger partial charge is 0.491 e. The van der Waals surface area contributed by atoms with Crippen molar-refractivity contribution in [1.29, 1.82) is 0 Å². The van der Waals surface area contributed by atoms with Gasteiger partial charge in [0, 0.05) is 10.9 Å². The molecule has 4 nitrogen and oxygen atoms in total. The van der Waals surface area contributed by atoms with Gasteiger partial charge in [-0.1, -0.05) is 15.9 Å². The van der Waals surface area contributed by atoms with Crippen molar-refractivity contribution < 1.29 is 13.2 Å². The van der Waals surface area contributed by atoms with Crippen LogP contribution in [0, 0.1) is 11.8 Å². The van der Waals surface area contributed by atoms with E-state index in [0.717, 1.165) is 0 Å². The molecule has 0 radical (unpaired) electrons. The lowest BCUT2D eigenvalue weighted by atomic mass is 10.3. The van der Waals surface area contributed by atoms with Crippen LogP contribution in [-0.2, 0) is 10.0 Å². The van der Waals surface area contributed by atoms with E-state index in [0.29, 0.717) is 17.5 Å². The average Bonchev–Trinajstić information content (AvgIpc) is 2.25. The highest BCUT2D eigenvalue weighted by Crippen LogP contribution is 2.26. The molecule has 0 aliphatic rings. The van der Waals surface area contributed by atoms with Crippen LogP contribution < -0.4 is 9.88 Å². The number of halogens is 1. The number of ether oxygens (including phenoxy) is 1. The van der Waals surface area contributed by atoms with Crippen molar-refractivity contribution in [3.8, 4) is 17.6 Å². The third-order valence-electron chi connectivity index (χ3n) is 1.87. The number of nitrogens with two attached hydrogens (primary N) is 1. The normalized spacial score (nSPS) is 10.5. The van der Waals surface area contributed by atoms with E-state index in [1.54, 1.807) is 19.1 Å². The number of rotatable bonds is 4. The number of hydrogen-bond donors (Lipinski definition) is 1. The van der Waals surface area contributed by atoms with Crippen molar-refractivity contribution in [3.63, 3.8) is 0 Å². The topological polar surface area (TPSA) is 69.4 Å². The monoisotopic (exact) mass is 317 g/mol. The molecule has 0 bridgehead atoms. The predicted molar refractivity (Wildman–Crippen MR) is 69.1 cm³/mol. The zero-order chi connectivity index (χ0) is 12.9. The Labute approximate surface area is 109 Å². The predicted octanol–water partition coefficient (Wildman–Crippen LogP) is 1.89. The highest BCUT2D eigenvalue weighted by atomic mass is 79.9. The van der Waals surface area contributed by atoms with E-state index in [9.17, 15) is 8.42 Å². The van der Waals surface area contributed by atoms with Gasteiger partial charge in [-0.2, -0.15) is 0 Å². The van der Waals surface area contributed by atoms with Crippen molar-refractivity contribution in [2.75, 3.05) is 6.61 Å². The molecule has 0 aromatic heterocycles. The third-order valence-corrected chi connectivity index (χ3v) is 3.30. The average molecular weight is 318 g/mol. The summed E-state index contributed by atoms with van der Waals surface area (Å²) in [4.78, 5) is -0.0312. The van der Waals surface area contributed by atoms with E-state index in [4.69, 9.17) is 9.88 Å². The molecular weight excluding hydrogens is 306 g/mol. The molecule has 0 atom stereocenters. The first kappa shape index (κ1) is 14.0. The molecule has 0 fully saturated rings. The fourth-order valence-electron chi connectivity index (χ4n) is 1.16. The summed E-state index contributed by atoms with van der Waals surface area (Å²) in [7, 11) is -3.79. The van der Waals surface area contributed by atoms with Crippen molar-refractivity contribution in [1.82, 2.24) is 0 Å². The van der Waals surface area contributed by atoms with E-state index >= 15 is 0 Å². The van der Waals surface area contributed by atoms with Crippen LogP contribution in [0.4, 0.5) is 0 Å². The quantitative estimate of drug-likeness (QED) is 0.681. The standard InChI is InChI=1S/C11H12BrNO3S/c1-2-3-4-7-16-10-6-5-9(12)8-11(10)17(13,14)15/h5-6,8H,4,7H2,1H3,(H2,13,14,15). The minimum absolute atomic E-state index is 0.0312. The third kappa shape index (κ3) is 4.38. The smallest absolute Gasteiger partial charge is 0.241 e. The Morgan fingerprint density at radius 2 is 2.18 bits per heavy atom. The molecule has 92 valence electrons. The SMILES string of the molecule is CC#CCCOc1ccc(Br)cc1S(N)(=O)=O. The number of primary sulfonamides is 1. The van der Waals surface area contributed by atoms with Gasteiger partial charge in [-0.05, 0) is 25.1 Å². The van der Waals surface area contributed by atoms with Gasteiger partial charge in [0.05, 0.1) is 6.61 Å². The zero-order valence-corrected chi connectivity index (χ0v) is 11.6. The van der Waals surface area contributed by atoms with Crippen molar-refractivity contribution in [3.05, 3.63) is 22.7 Å². The van der Waals surface area contributed by atoms with Crippen LogP contribution in [0.2, 0.25) is 0 Å². The van der Waals surface area contributed by atoms with E-state index in [1.807, 2.05) is 0 Å². The number of hydrogen-bond acceptors (Lipinski definition) is 3. The van der Waals surface area contributed by atoms with Crippen molar-refractivity contribution in [2.24, 2.45) is 5.14 Å². The van der Waals surface area contributed by atoms with Crippen LogP contribution in [0.5, 0.6) is 5.75 Å². The molecule has 1 aromatic carbocycles. The first-order chi connectivity index (χ1) is 7.95. The second-order valence-electron chi connectivity index (χ2n) is 3.16. The Morgan fingerprint density at radius 1 is 1.47 bits per heavy atom. The Kier molecular flexibility index (Phi) is 5.00. The van der Waals surface area contributed by atoms with Gasteiger partial charge in [0.25, 0.3) is 0 Å². The van der Waals surface area contributed by atoms with Gasteiger partial charge in [0.15, 0.2) is 0 Å². The summed E-state index contributed by atoms with van der Waals surface area (Å²) in [6.07, 6.45) is 0.538. The summed E-state index contributed by atoms with van der Waals surface area (Å²) in [5.41, 5.74) is 0. The summed E-state index contributed by atoms with van der Waals surface area (Å²) in [5, 5.41) is 5.10. The minimum atomic E-state index is -3.79. The van der Waals surface area contributed by atoms with Crippen LogP contribution in [0.3, 0.4) is 0 Å². The second kappa shape index (κ2) is 6.05. The first-order valence-electron chi connectivity index (χ1n) is 4.80. The summed E-state index contributed by atoms with van der Waals surface area (Å²) in [5.74, 6) is 5.79. The molecule has 2 N–H and O–H groups in total. The van der Waals surface area contributed by atoms with Crippen molar-refractivity contribution in [2.45, 2.75) is 18.2 Å². The molecule has 1 rings (SSSR count). The maximum Gasteiger partial charge on any atom is 0.241 e. The molecule has 0 heterocycles. The van der Waals surface area contributed by atoms with Crippen LogP contribution in [0.25, 0.3) is 0 Å². The van der Waals surface area contributed by atoms with E-state index in [1.165, 1.54) is 6.07 Å². The Bertz CT molecular complexity index is 558. The van der Waals surface area contributed by atoms with E-state index in [-0.39, 0.29) is 10.6 Å². The summed E-state index contributed by atoms with van der Waals surface area (Å²) >= 11 is 3.18. The summed E-state index contributed by atoms with van der Waals surface area (Å²) < 4.78 is 28.7. The molecule has 0 aliphatic heterocycles. The van der Waals surface area contributed by atoms with Gasteiger partial charge < -0.3 is 4.74 Å². The lowest BCUT2D eigenvalue weighted by Gasteiger charge is -2.09. The van der Waals surface area contributed by atoms with Gasteiger partial charge in [0.2, 0.25) is 10.0 Å². The number of benzene rings is 1.